The van der Waals surface area contributed by atoms with Gasteiger partial charge in [0, 0.05) is 11.6 Å². The number of hydrogen-bond acceptors (Lipinski definition) is 3. The molecule has 0 saturated heterocycles. The van der Waals surface area contributed by atoms with Crippen molar-refractivity contribution in [2.75, 3.05) is 6.61 Å². The third-order valence-corrected chi connectivity index (χ3v) is 3.15. The molecular weight excluding hydrogens is 335 g/mol. The van der Waals surface area contributed by atoms with Gasteiger partial charge in [-0.3, -0.25) is 20.4 Å². The fraction of sp³-hybridized carbons (Fsp3) is 0.0588. The molecule has 0 aliphatic carbocycles. The van der Waals surface area contributed by atoms with Crippen molar-refractivity contribution in [3.05, 3.63) is 71.0 Å². The summed E-state index contributed by atoms with van der Waals surface area (Å²) in [6, 6.07) is 12.7. The molecule has 0 atom stereocenters. The first-order valence-electron chi connectivity index (χ1n) is 6.95. The quantitative estimate of drug-likeness (QED) is 0.645. The lowest BCUT2D eigenvalue weighted by Gasteiger charge is -2.08. The van der Waals surface area contributed by atoms with Crippen LogP contribution in [-0.4, -0.2) is 18.4 Å². The van der Waals surface area contributed by atoms with E-state index in [-0.39, 0.29) is 12.2 Å². The van der Waals surface area contributed by atoms with E-state index in [9.17, 15) is 14.0 Å². The monoisotopic (exact) mass is 348 g/mol. The van der Waals surface area contributed by atoms with Gasteiger partial charge in [-0.15, -0.1) is 0 Å². The Morgan fingerprint density at radius 2 is 1.79 bits per heavy atom. The van der Waals surface area contributed by atoms with E-state index < -0.39 is 17.6 Å². The Hall–Kier alpha value is -2.86. The fourth-order valence-corrected chi connectivity index (χ4v) is 1.88. The van der Waals surface area contributed by atoms with E-state index in [0.717, 1.165) is 6.08 Å². The second-order valence-electron chi connectivity index (χ2n) is 4.61. The van der Waals surface area contributed by atoms with Crippen molar-refractivity contribution in [3.8, 4) is 5.75 Å². The molecule has 7 heteroatoms. The maximum Gasteiger partial charge on any atom is 0.276 e. The van der Waals surface area contributed by atoms with E-state index in [4.69, 9.17) is 16.3 Å². The van der Waals surface area contributed by atoms with Crippen LogP contribution in [-0.2, 0) is 9.59 Å². The molecule has 2 aromatic carbocycles. The summed E-state index contributed by atoms with van der Waals surface area (Å²) in [6.45, 7) is -0.318. The zero-order valence-corrected chi connectivity index (χ0v) is 13.2. The van der Waals surface area contributed by atoms with Gasteiger partial charge in [-0.25, -0.2) is 4.39 Å². The Kier molecular flexibility index (Phi) is 6.33. The van der Waals surface area contributed by atoms with E-state index in [0.29, 0.717) is 10.8 Å². The molecule has 2 aromatic rings. The minimum absolute atomic E-state index is 0.265. The first kappa shape index (κ1) is 17.5. The van der Waals surface area contributed by atoms with Crippen molar-refractivity contribution in [3.63, 3.8) is 0 Å². The van der Waals surface area contributed by atoms with Crippen LogP contribution in [0, 0.1) is 5.82 Å². The molecule has 24 heavy (non-hydrogen) atoms. The predicted molar refractivity (Wildman–Crippen MR) is 88.7 cm³/mol. The third kappa shape index (κ3) is 5.40. The van der Waals surface area contributed by atoms with Crippen molar-refractivity contribution < 1.29 is 18.7 Å². The van der Waals surface area contributed by atoms with Crippen LogP contribution >= 0.6 is 11.6 Å². The topological polar surface area (TPSA) is 67.4 Å². The Labute approximate surface area is 143 Å². The van der Waals surface area contributed by atoms with Gasteiger partial charge in [-0.1, -0.05) is 41.9 Å². The van der Waals surface area contributed by atoms with Crippen LogP contribution in [0.4, 0.5) is 4.39 Å². The Morgan fingerprint density at radius 3 is 2.54 bits per heavy atom. The number of hydrogen-bond donors (Lipinski definition) is 2. The van der Waals surface area contributed by atoms with E-state index in [1.165, 1.54) is 18.2 Å². The molecule has 0 radical (unpaired) electrons. The van der Waals surface area contributed by atoms with Gasteiger partial charge in [-0.05, 0) is 24.3 Å². The number of carbonyl (C=O) groups is 2. The van der Waals surface area contributed by atoms with Gasteiger partial charge < -0.3 is 4.74 Å². The van der Waals surface area contributed by atoms with Crippen LogP contribution < -0.4 is 15.6 Å². The first-order valence-corrected chi connectivity index (χ1v) is 7.33. The number of nitrogens with one attached hydrogen (secondary N) is 2. The average Bonchev–Trinajstić information content (AvgIpc) is 2.58. The van der Waals surface area contributed by atoms with E-state index >= 15 is 0 Å². The third-order valence-electron chi connectivity index (χ3n) is 2.84. The Morgan fingerprint density at radius 1 is 1.08 bits per heavy atom. The fourth-order valence-electron chi connectivity index (χ4n) is 1.69. The summed E-state index contributed by atoms with van der Waals surface area (Å²) in [5, 5.41) is 0.377. The normalized spacial score (nSPS) is 10.4. The van der Waals surface area contributed by atoms with Gasteiger partial charge in [-0.2, -0.15) is 0 Å². The average molecular weight is 349 g/mol. The lowest BCUT2D eigenvalue weighted by molar-refractivity contribution is -0.128. The molecule has 124 valence electrons. The van der Waals surface area contributed by atoms with Gasteiger partial charge in [0.1, 0.15) is 11.6 Å². The number of amides is 2. The van der Waals surface area contributed by atoms with Crippen LogP contribution in [0.15, 0.2) is 54.6 Å². The Bertz CT molecular complexity index is 765. The number of rotatable bonds is 5. The van der Waals surface area contributed by atoms with Crippen molar-refractivity contribution in [1.82, 2.24) is 10.9 Å². The lowest BCUT2D eigenvalue weighted by atomic mass is 10.2. The Balaban J connectivity index is 1.76. The predicted octanol–water partition coefficient (Wildman–Crippen LogP) is 2.72. The molecule has 0 heterocycles. The molecule has 0 aliphatic heterocycles. The number of halogens is 2. The highest BCUT2D eigenvalue weighted by molar-refractivity contribution is 6.32. The van der Waals surface area contributed by atoms with Crippen LogP contribution in [0.25, 0.3) is 6.08 Å². The van der Waals surface area contributed by atoms with Crippen molar-refractivity contribution in [2.45, 2.75) is 0 Å². The molecule has 0 aromatic heterocycles. The SMILES string of the molecule is O=C(/C=C/c1ccccc1F)NNC(=O)COc1ccccc1Cl. The molecule has 0 spiro atoms. The number of hydrazine groups is 1. The van der Waals surface area contributed by atoms with Crippen LogP contribution in [0.2, 0.25) is 5.02 Å². The minimum Gasteiger partial charge on any atom is -0.482 e. The number of carbonyl (C=O) groups excluding carboxylic acids is 2. The van der Waals surface area contributed by atoms with Gasteiger partial charge >= 0.3 is 0 Å². The molecule has 0 aliphatic rings. The molecule has 0 fully saturated rings. The molecule has 2 rings (SSSR count). The summed E-state index contributed by atoms with van der Waals surface area (Å²) in [5.74, 6) is -1.26. The molecule has 0 unspecified atom stereocenters. The zero-order valence-electron chi connectivity index (χ0n) is 12.5. The van der Waals surface area contributed by atoms with Crippen molar-refractivity contribution >= 4 is 29.5 Å². The highest BCUT2D eigenvalue weighted by Gasteiger charge is 2.06. The maximum atomic E-state index is 13.4. The molecule has 2 N–H and O–H groups in total. The molecule has 0 saturated carbocycles. The van der Waals surface area contributed by atoms with E-state index in [1.807, 2.05) is 0 Å². The highest BCUT2D eigenvalue weighted by atomic mass is 35.5. The largest absolute Gasteiger partial charge is 0.482 e. The van der Waals surface area contributed by atoms with Crippen LogP contribution in [0.3, 0.4) is 0 Å². The first-order chi connectivity index (χ1) is 11.6. The maximum absolute atomic E-state index is 13.4. The van der Waals surface area contributed by atoms with Crippen LogP contribution in [0.5, 0.6) is 5.75 Å². The van der Waals surface area contributed by atoms with E-state index in [2.05, 4.69) is 10.9 Å². The summed E-state index contributed by atoms with van der Waals surface area (Å²) in [6.07, 6.45) is 2.41. The molecule has 5 nitrogen and oxygen atoms in total. The van der Waals surface area contributed by atoms with Crippen molar-refractivity contribution in [1.29, 1.82) is 0 Å². The van der Waals surface area contributed by atoms with Gasteiger partial charge in [0.05, 0.1) is 5.02 Å². The second kappa shape index (κ2) is 8.69. The second-order valence-corrected chi connectivity index (χ2v) is 5.02. The van der Waals surface area contributed by atoms with Gasteiger partial charge in [0.25, 0.3) is 11.8 Å². The number of ether oxygens (including phenoxy) is 1. The molecule has 2 amide bonds. The van der Waals surface area contributed by atoms with Gasteiger partial charge in [0.2, 0.25) is 0 Å². The summed E-state index contributed by atoms with van der Waals surface area (Å²) in [5.41, 5.74) is 4.60. The minimum atomic E-state index is -0.607. The standard InChI is InChI=1S/C17H14ClFN2O3/c18-13-6-2-4-8-15(13)24-11-17(23)21-20-16(22)10-9-12-5-1-3-7-14(12)19/h1-10H,11H2,(H,20,22)(H,21,23)/b10-9+. The number of para-hydroxylation sites is 1. The highest BCUT2D eigenvalue weighted by Crippen LogP contribution is 2.22. The zero-order chi connectivity index (χ0) is 17.4. The van der Waals surface area contributed by atoms with E-state index in [1.54, 1.807) is 36.4 Å². The summed E-state index contributed by atoms with van der Waals surface area (Å²) < 4.78 is 18.6. The van der Waals surface area contributed by atoms with Crippen LogP contribution in [0.1, 0.15) is 5.56 Å². The summed E-state index contributed by atoms with van der Waals surface area (Å²) >= 11 is 5.88. The van der Waals surface area contributed by atoms with Gasteiger partial charge in [0.15, 0.2) is 6.61 Å². The summed E-state index contributed by atoms with van der Waals surface area (Å²) in [7, 11) is 0. The summed E-state index contributed by atoms with van der Waals surface area (Å²) in [4.78, 5) is 23.1. The number of benzene rings is 2. The lowest BCUT2D eigenvalue weighted by Crippen LogP contribution is -2.43. The smallest absolute Gasteiger partial charge is 0.276 e. The molecule has 0 bridgehead atoms. The van der Waals surface area contributed by atoms with Crippen molar-refractivity contribution in [2.24, 2.45) is 0 Å². The molecular formula is C17H14ClFN2O3.